The Morgan fingerprint density at radius 1 is 0.654 bits per heavy atom. The average Bonchev–Trinajstić information content (AvgIpc) is 3.33. The molecule has 3 aromatic carbocycles. The van der Waals surface area contributed by atoms with Crippen LogP contribution in [0.4, 0.5) is 0 Å². The number of benzene rings is 3. The monoisotopic (exact) mass is 420 g/mol. The quantitative estimate of drug-likeness (QED) is 0.300. The minimum absolute atomic E-state index is 0.446. The third-order valence-electron chi connectivity index (χ3n) is 3.63. The van der Waals surface area contributed by atoms with Crippen LogP contribution in [0.25, 0.3) is 0 Å². The first-order chi connectivity index (χ1) is 12.9. The van der Waals surface area contributed by atoms with E-state index in [-0.39, 0.29) is 0 Å². The minimum atomic E-state index is -0.446. The van der Waals surface area contributed by atoms with E-state index in [0.29, 0.717) is 0 Å². The molecule has 0 aliphatic heterocycles. The van der Waals surface area contributed by atoms with Crippen LogP contribution in [0.15, 0.2) is 109 Å². The minimum Gasteiger partial charge on any atom is -0.0622 e. The average molecular weight is 422 g/mol. The van der Waals surface area contributed by atoms with E-state index in [4.69, 9.17) is 0 Å². The van der Waals surface area contributed by atoms with Crippen LogP contribution in [0.1, 0.15) is 6.42 Å². The molecule has 0 saturated heterocycles. The molecule has 0 heterocycles. The summed E-state index contributed by atoms with van der Waals surface area (Å²) >= 11 is 3.35. The Morgan fingerprint density at radius 3 is 1.27 bits per heavy atom. The van der Waals surface area contributed by atoms with Crippen molar-refractivity contribution < 1.29 is 14.6 Å². The molecule has 26 heavy (non-hydrogen) atoms. The van der Waals surface area contributed by atoms with E-state index in [2.05, 4.69) is 128 Å². The zero-order valence-electron chi connectivity index (χ0n) is 14.2. The molecule has 0 spiro atoms. The molecule has 3 heteroatoms. The van der Waals surface area contributed by atoms with Gasteiger partial charge in [-0.15, -0.1) is 6.42 Å². The fourth-order valence-corrected chi connectivity index (χ4v) is 4.82. The van der Waals surface area contributed by atoms with Crippen molar-refractivity contribution in [2.75, 3.05) is 0 Å². The molecule has 0 amide bonds. The van der Waals surface area contributed by atoms with Crippen LogP contribution in [0, 0.1) is 6.08 Å². The first kappa shape index (κ1) is 20.7. The van der Waals surface area contributed by atoms with Crippen molar-refractivity contribution in [2.24, 2.45) is 0 Å². The maximum absolute atomic E-state index is 4.26. The van der Waals surface area contributed by atoms with Gasteiger partial charge in [-0.25, -0.2) is 12.2 Å². The van der Waals surface area contributed by atoms with E-state index in [0.717, 1.165) is 6.42 Å². The number of halogens is 1. The topological polar surface area (TPSA) is 0 Å². The van der Waals surface area contributed by atoms with Gasteiger partial charge in [-0.2, -0.15) is 6.08 Å². The molecule has 0 unspecified atom stereocenters. The van der Waals surface area contributed by atoms with E-state index < -0.39 is 7.92 Å². The molecular weight excluding hydrogens is 401 g/mol. The van der Waals surface area contributed by atoms with E-state index in [1.54, 1.807) is 0 Å². The van der Waals surface area contributed by atoms with Gasteiger partial charge in [-0.05, 0) is 23.8 Å². The van der Waals surface area contributed by atoms with Gasteiger partial charge in [0, 0.05) is 0 Å². The van der Waals surface area contributed by atoms with Crippen LogP contribution < -0.4 is 15.9 Å². The Morgan fingerprint density at radius 2 is 1.04 bits per heavy atom. The zero-order chi connectivity index (χ0) is 18.5. The van der Waals surface area contributed by atoms with Gasteiger partial charge in [0.05, 0.1) is 0 Å². The van der Waals surface area contributed by atoms with Crippen LogP contribution in [0.5, 0.6) is 0 Å². The first-order valence-electron chi connectivity index (χ1n) is 8.24. The Kier molecular flexibility index (Phi) is 10.1. The second-order valence-corrected chi connectivity index (χ2v) is 7.57. The number of rotatable bonds is 3. The van der Waals surface area contributed by atoms with Gasteiger partial charge in [0.2, 0.25) is 0 Å². The maximum Gasteiger partial charge on any atom is -0.0134 e. The van der Waals surface area contributed by atoms with E-state index >= 15 is 0 Å². The zero-order valence-corrected chi connectivity index (χ0v) is 16.9. The standard InChI is InChI=1S/C18H15P.C5H5.ClH.Ni/c1-4-10-16(11-5-1)19(17-12-6-2-7-13-17)18-14-8-3-9-15-18;1-2-4-5-3-1;;/h1-15H;1-3H,4H2;1H;/q;-1;;+1/p-1. The van der Waals surface area contributed by atoms with Crippen LogP contribution in [0.3, 0.4) is 0 Å². The molecule has 0 aromatic heterocycles. The van der Waals surface area contributed by atoms with Gasteiger partial charge in [-0.3, -0.25) is 6.08 Å². The summed E-state index contributed by atoms with van der Waals surface area (Å²) in [6.45, 7) is 0. The van der Waals surface area contributed by atoms with Crippen LogP contribution >= 0.6 is 18.1 Å². The summed E-state index contributed by atoms with van der Waals surface area (Å²) in [7, 11) is 3.82. The van der Waals surface area contributed by atoms with Gasteiger partial charge < -0.3 is 0 Å². The molecule has 3 aromatic rings. The first-order valence-corrected chi connectivity index (χ1v) is 10.9. The van der Waals surface area contributed by atoms with Crippen LogP contribution in [0.2, 0.25) is 0 Å². The van der Waals surface area contributed by atoms with E-state index in [1.165, 1.54) is 15.9 Å². The van der Waals surface area contributed by atoms with Gasteiger partial charge >= 0.3 is 24.8 Å². The molecular formula is C23H20ClNiP-. The molecule has 0 bridgehead atoms. The number of hydrogen-bond acceptors (Lipinski definition) is 0. The molecule has 0 saturated carbocycles. The summed E-state index contributed by atoms with van der Waals surface area (Å²) in [6, 6.07) is 32.3. The predicted octanol–water partition coefficient (Wildman–Crippen LogP) is 5.44. The Balaban J connectivity index is 0.000000295. The summed E-state index contributed by atoms with van der Waals surface area (Å²) in [5.41, 5.74) is 0. The molecule has 4 rings (SSSR count). The third-order valence-corrected chi connectivity index (χ3v) is 6.07. The van der Waals surface area contributed by atoms with Crippen molar-refractivity contribution in [3.05, 3.63) is 115 Å². The molecule has 0 fully saturated rings. The molecule has 0 radical (unpaired) electrons. The largest absolute Gasteiger partial charge is 0.0622 e. The Labute approximate surface area is 170 Å². The summed E-state index contributed by atoms with van der Waals surface area (Å²) < 4.78 is 0. The van der Waals surface area contributed by atoms with Gasteiger partial charge in [0.1, 0.15) is 0 Å². The summed E-state index contributed by atoms with van der Waals surface area (Å²) in [6.07, 6.45) is 10.0. The maximum atomic E-state index is 4.26. The fraction of sp³-hybridized carbons (Fsp3) is 0.0435. The number of allylic oxidation sites excluding steroid dienone is 4. The fourth-order valence-electron chi connectivity index (χ4n) is 2.52. The SMILES string of the molecule is [C-]1=CC=CC1.[Cl][Ni].c1ccc(P(c2ccccc2)c2ccccc2)cc1. The van der Waals surface area contributed by atoms with Gasteiger partial charge in [0.15, 0.2) is 0 Å². The van der Waals surface area contributed by atoms with Gasteiger partial charge in [0.25, 0.3) is 0 Å². The van der Waals surface area contributed by atoms with Crippen molar-refractivity contribution in [1.29, 1.82) is 0 Å². The molecule has 0 nitrogen and oxygen atoms in total. The summed E-state index contributed by atoms with van der Waals surface area (Å²) in [5.74, 6) is 0. The Bertz CT molecular complexity index is 682. The Hall–Kier alpha value is -1.65. The molecule has 1 aliphatic carbocycles. The summed E-state index contributed by atoms with van der Waals surface area (Å²) in [4.78, 5) is 0. The molecule has 0 atom stereocenters. The molecule has 0 N–H and O–H groups in total. The van der Waals surface area contributed by atoms with Crippen molar-refractivity contribution in [1.82, 2.24) is 0 Å². The van der Waals surface area contributed by atoms with Crippen molar-refractivity contribution in [3.8, 4) is 0 Å². The van der Waals surface area contributed by atoms with Gasteiger partial charge in [-0.1, -0.05) is 91.0 Å². The van der Waals surface area contributed by atoms with Crippen molar-refractivity contribution >= 4 is 34.0 Å². The second kappa shape index (κ2) is 12.7. The third kappa shape index (κ3) is 6.58. The summed E-state index contributed by atoms with van der Waals surface area (Å²) in [5, 5.41) is 4.19. The van der Waals surface area contributed by atoms with Crippen molar-refractivity contribution in [2.45, 2.75) is 6.42 Å². The second-order valence-electron chi connectivity index (χ2n) is 5.35. The van der Waals surface area contributed by atoms with Crippen molar-refractivity contribution in [3.63, 3.8) is 0 Å². The number of hydrogen-bond donors (Lipinski definition) is 0. The smallest absolute Gasteiger partial charge is 0.0134 e. The van der Waals surface area contributed by atoms with Crippen LogP contribution in [-0.2, 0) is 14.6 Å². The molecule has 1 aliphatic rings. The van der Waals surface area contributed by atoms with Crippen LogP contribution in [-0.4, -0.2) is 0 Å². The predicted molar refractivity (Wildman–Crippen MR) is 113 cm³/mol. The molecule has 135 valence electrons. The van der Waals surface area contributed by atoms with E-state index in [9.17, 15) is 0 Å². The normalized spacial score (nSPS) is 11.4. The van der Waals surface area contributed by atoms with E-state index in [1.807, 2.05) is 12.2 Å².